The summed E-state index contributed by atoms with van der Waals surface area (Å²) < 4.78 is 6.48. The summed E-state index contributed by atoms with van der Waals surface area (Å²) in [7, 11) is 1.70. The quantitative estimate of drug-likeness (QED) is 0.868. The fourth-order valence-corrected chi connectivity index (χ4v) is 3.71. The summed E-state index contributed by atoms with van der Waals surface area (Å²) in [5.41, 5.74) is 7.14. The molecule has 0 aliphatic heterocycles. The molecule has 1 unspecified atom stereocenters. The Balaban J connectivity index is 2.08. The van der Waals surface area contributed by atoms with Crippen molar-refractivity contribution in [2.75, 3.05) is 13.7 Å². The van der Waals surface area contributed by atoms with Crippen molar-refractivity contribution in [3.8, 4) is 5.75 Å². The van der Waals surface area contributed by atoms with Crippen LogP contribution in [0.1, 0.15) is 38.6 Å². The van der Waals surface area contributed by atoms with E-state index in [0.717, 1.165) is 37.1 Å². The Morgan fingerprint density at radius 3 is 2.67 bits per heavy atom. The first-order valence-corrected chi connectivity index (χ1v) is 8.39. The molecule has 2 aromatic rings. The molecule has 116 valence electrons. The highest BCUT2D eigenvalue weighted by molar-refractivity contribution is 7.18. The molecule has 2 rings (SSSR count). The van der Waals surface area contributed by atoms with Gasteiger partial charge in [-0.1, -0.05) is 20.8 Å². The number of rotatable bonds is 6. The van der Waals surface area contributed by atoms with Gasteiger partial charge in [-0.25, -0.2) is 4.98 Å². The second-order valence-electron chi connectivity index (χ2n) is 6.62. The van der Waals surface area contributed by atoms with Gasteiger partial charge in [0.15, 0.2) is 0 Å². The molecule has 1 atom stereocenters. The molecule has 2 N–H and O–H groups in total. The maximum Gasteiger partial charge on any atom is 0.120 e. The number of aromatic nitrogens is 1. The van der Waals surface area contributed by atoms with Gasteiger partial charge in [0, 0.05) is 0 Å². The van der Waals surface area contributed by atoms with E-state index in [9.17, 15) is 0 Å². The fraction of sp³-hybridized carbons (Fsp3) is 0.588. The molecule has 0 aliphatic carbocycles. The molecule has 0 spiro atoms. The van der Waals surface area contributed by atoms with Crippen LogP contribution in [0.3, 0.4) is 0 Å². The van der Waals surface area contributed by atoms with Crippen LogP contribution in [0.5, 0.6) is 5.75 Å². The lowest BCUT2D eigenvalue weighted by Gasteiger charge is -2.30. The second-order valence-corrected chi connectivity index (χ2v) is 7.74. The van der Waals surface area contributed by atoms with Gasteiger partial charge < -0.3 is 10.5 Å². The van der Waals surface area contributed by atoms with Gasteiger partial charge >= 0.3 is 0 Å². The summed E-state index contributed by atoms with van der Waals surface area (Å²) in [6, 6.07) is 6.07. The summed E-state index contributed by atoms with van der Waals surface area (Å²) in [5, 5.41) is 1.21. The number of methoxy groups -OCH3 is 1. The molecule has 0 saturated heterocycles. The van der Waals surface area contributed by atoms with Gasteiger partial charge in [-0.3, -0.25) is 0 Å². The Kier molecular flexibility index (Phi) is 5.22. The van der Waals surface area contributed by atoms with Crippen LogP contribution in [0.4, 0.5) is 0 Å². The highest BCUT2D eigenvalue weighted by Gasteiger charge is 2.23. The van der Waals surface area contributed by atoms with Crippen molar-refractivity contribution in [3.05, 3.63) is 23.2 Å². The van der Waals surface area contributed by atoms with Gasteiger partial charge in [0.2, 0.25) is 0 Å². The Labute approximate surface area is 131 Å². The minimum atomic E-state index is 0.305. The maximum absolute atomic E-state index is 5.76. The van der Waals surface area contributed by atoms with Crippen LogP contribution in [0.15, 0.2) is 18.2 Å². The van der Waals surface area contributed by atoms with Crippen molar-refractivity contribution in [1.29, 1.82) is 0 Å². The second kappa shape index (κ2) is 6.75. The van der Waals surface area contributed by atoms with Gasteiger partial charge in [0.05, 0.1) is 22.3 Å². The predicted octanol–water partition coefficient (Wildman–Crippen LogP) is 4.25. The molecule has 0 bridgehead atoms. The Hall–Kier alpha value is -1.13. The van der Waals surface area contributed by atoms with Crippen molar-refractivity contribution in [1.82, 2.24) is 4.98 Å². The van der Waals surface area contributed by atoms with Crippen LogP contribution in [0, 0.1) is 11.3 Å². The lowest BCUT2D eigenvalue weighted by Crippen LogP contribution is -2.24. The molecule has 3 nitrogen and oxygen atoms in total. The molecule has 0 amide bonds. The topological polar surface area (TPSA) is 48.1 Å². The first-order chi connectivity index (χ1) is 9.94. The number of ether oxygens (including phenoxy) is 1. The molecule has 0 saturated carbocycles. The number of benzene rings is 1. The third kappa shape index (κ3) is 4.17. The van der Waals surface area contributed by atoms with Crippen molar-refractivity contribution >= 4 is 21.6 Å². The Bertz CT molecular complexity index is 586. The van der Waals surface area contributed by atoms with Gasteiger partial charge in [-0.2, -0.15) is 0 Å². The smallest absolute Gasteiger partial charge is 0.120 e. The maximum atomic E-state index is 5.76. The third-order valence-corrected chi connectivity index (χ3v) is 5.16. The molecule has 4 heteroatoms. The summed E-state index contributed by atoms with van der Waals surface area (Å²) in [6.45, 7) is 7.67. The molecule has 0 aliphatic rings. The van der Waals surface area contributed by atoms with Crippen molar-refractivity contribution < 1.29 is 4.74 Å². The fourth-order valence-electron chi connectivity index (χ4n) is 2.70. The lowest BCUT2D eigenvalue weighted by molar-refractivity contribution is 0.215. The zero-order chi connectivity index (χ0) is 15.5. The summed E-state index contributed by atoms with van der Waals surface area (Å²) in [6.07, 6.45) is 3.27. The number of nitrogens with two attached hydrogens (primary N) is 1. The standard InChI is InChI=1S/C17H26N2OS/c1-17(2,3)12(9-10-18)5-8-16-19-14-7-6-13(20-4)11-15(14)21-16/h6-7,11-12H,5,8-10,18H2,1-4H3. The van der Waals surface area contributed by atoms with E-state index in [1.54, 1.807) is 18.4 Å². The van der Waals surface area contributed by atoms with Crippen LogP contribution >= 0.6 is 11.3 Å². The van der Waals surface area contributed by atoms with Crippen LogP contribution in [-0.2, 0) is 6.42 Å². The van der Waals surface area contributed by atoms with Crippen LogP contribution < -0.4 is 10.5 Å². The number of thiazole rings is 1. The molecular weight excluding hydrogens is 280 g/mol. The van der Waals surface area contributed by atoms with E-state index in [2.05, 4.69) is 26.8 Å². The van der Waals surface area contributed by atoms with Crippen LogP contribution in [-0.4, -0.2) is 18.6 Å². The van der Waals surface area contributed by atoms with Gasteiger partial charge in [0.1, 0.15) is 5.75 Å². The zero-order valence-corrected chi connectivity index (χ0v) is 14.3. The lowest BCUT2D eigenvalue weighted by atomic mass is 9.76. The van der Waals surface area contributed by atoms with Crippen molar-refractivity contribution in [3.63, 3.8) is 0 Å². The van der Waals surface area contributed by atoms with Crippen LogP contribution in [0.25, 0.3) is 10.2 Å². The zero-order valence-electron chi connectivity index (χ0n) is 13.5. The highest BCUT2D eigenvalue weighted by Crippen LogP contribution is 2.33. The van der Waals surface area contributed by atoms with Crippen molar-refractivity contribution in [2.24, 2.45) is 17.1 Å². The molecule has 0 radical (unpaired) electrons. The van der Waals surface area contributed by atoms with Crippen LogP contribution in [0.2, 0.25) is 0 Å². The largest absolute Gasteiger partial charge is 0.497 e. The van der Waals surface area contributed by atoms with Gasteiger partial charge in [-0.15, -0.1) is 11.3 Å². The van der Waals surface area contributed by atoms with E-state index in [4.69, 9.17) is 15.5 Å². The van der Waals surface area contributed by atoms with Crippen molar-refractivity contribution in [2.45, 2.75) is 40.0 Å². The van der Waals surface area contributed by atoms with E-state index < -0.39 is 0 Å². The monoisotopic (exact) mass is 306 g/mol. The molecule has 1 heterocycles. The van der Waals surface area contributed by atoms with E-state index in [0.29, 0.717) is 11.3 Å². The SMILES string of the molecule is COc1ccc2nc(CCC(CCN)C(C)(C)C)sc2c1. The van der Waals surface area contributed by atoms with Gasteiger partial charge in [-0.05, 0) is 55.3 Å². The normalized spacial score (nSPS) is 13.6. The summed E-state index contributed by atoms with van der Waals surface area (Å²) in [4.78, 5) is 4.73. The first kappa shape index (κ1) is 16.2. The molecule has 21 heavy (non-hydrogen) atoms. The minimum absolute atomic E-state index is 0.305. The summed E-state index contributed by atoms with van der Waals surface area (Å²) in [5.74, 6) is 1.54. The van der Waals surface area contributed by atoms with Gasteiger partial charge in [0.25, 0.3) is 0 Å². The average molecular weight is 306 g/mol. The molecule has 1 aromatic carbocycles. The highest BCUT2D eigenvalue weighted by atomic mass is 32.1. The number of aryl methyl sites for hydroxylation is 1. The van der Waals surface area contributed by atoms with E-state index >= 15 is 0 Å². The van der Waals surface area contributed by atoms with E-state index in [1.807, 2.05) is 12.1 Å². The molecular formula is C17H26N2OS. The molecule has 0 fully saturated rings. The number of nitrogens with zero attached hydrogens (tertiary/aromatic N) is 1. The summed E-state index contributed by atoms with van der Waals surface area (Å²) >= 11 is 1.78. The Morgan fingerprint density at radius 2 is 2.05 bits per heavy atom. The Morgan fingerprint density at radius 1 is 1.29 bits per heavy atom. The number of hydrogen-bond acceptors (Lipinski definition) is 4. The first-order valence-electron chi connectivity index (χ1n) is 7.57. The molecule has 1 aromatic heterocycles. The third-order valence-electron chi connectivity index (χ3n) is 4.09. The predicted molar refractivity (Wildman–Crippen MR) is 91.1 cm³/mol. The number of fused-ring (bicyclic) bond motifs is 1. The van der Waals surface area contributed by atoms with E-state index in [1.165, 1.54) is 9.71 Å². The average Bonchev–Trinajstić information content (AvgIpc) is 2.83. The van der Waals surface area contributed by atoms with E-state index in [-0.39, 0.29) is 0 Å². The number of hydrogen-bond donors (Lipinski definition) is 1. The minimum Gasteiger partial charge on any atom is -0.497 e.